The van der Waals surface area contributed by atoms with Crippen LogP contribution < -0.4 is 0 Å². The van der Waals surface area contributed by atoms with Gasteiger partial charge < -0.3 is 29.5 Å². The van der Waals surface area contributed by atoms with E-state index in [1.165, 1.54) is 6.08 Å². The normalized spacial score (nSPS) is 33.2. The van der Waals surface area contributed by atoms with Crippen molar-refractivity contribution in [2.24, 2.45) is 17.8 Å². The van der Waals surface area contributed by atoms with Gasteiger partial charge in [0.2, 0.25) is 0 Å². The van der Waals surface area contributed by atoms with Crippen LogP contribution in [0.25, 0.3) is 0 Å². The monoisotopic (exact) mass is 474 g/mol. The topological polar surface area (TPSA) is 140 Å². The summed E-state index contributed by atoms with van der Waals surface area (Å²) in [5.74, 6) is -3.79. The quantitative estimate of drug-likeness (QED) is 0.213. The molecule has 0 radical (unpaired) electrons. The molecule has 9 nitrogen and oxygen atoms in total. The number of fused-ring (bicyclic) bond motifs is 3. The van der Waals surface area contributed by atoms with Crippen molar-refractivity contribution in [3.8, 4) is 0 Å². The maximum atomic E-state index is 13.0. The lowest BCUT2D eigenvalue weighted by molar-refractivity contribution is -0.151. The molecule has 34 heavy (non-hydrogen) atoms. The Morgan fingerprint density at radius 2 is 1.97 bits per heavy atom. The molecule has 2 aliphatic carbocycles. The van der Waals surface area contributed by atoms with Crippen LogP contribution in [0.3, 0.4) is 0 Å². The largest absolute Gasteiger partial charge is 0.458 e. The summed E-state index contributed by atoms with van der Waals surface area (Å²) in [6, 6.07) is 0. The van der Waals surface area contributed by atoms with E-state index in [1.807, 2.05) is 6.08 Å². The van der Waals surface area contributed by atoms with E-state index in [2.05, 4.69) is 13.2 Å². The smallest absolute Gasteiger partial charge is 0.337 e. The Bertz CT molecular complexity index is 984. The molecule has 184 valence electrons. The third kappa shape index (κ3) is 4.77. The van der Waals surface area contributed by atoms with E-state index in [4.69, 9.17) is 14.2 Å². The highest BCUT2D eigenvalue weighted by Crippen LogP contribution is 2.51. The summed E-state index contributed by atoms with van der Waals surface area (Å²) in [6.45, 7) is 9.61. The summed E-state index contributed by atoms with van der Waals surface area (Å²) in [5, 5.41) is 29.4. The van der Waals surface area contributed by atoms with Gasteiger partial charge in [-0.3, -0.25) is 0 Å². The predicted molar refractivity (Wildman–Crippen MR) is 120 cm³/mol. The Morgan fingerprint density at radius 3 is 2.59 bits per heavy atom. The van der Waals surface area contributed by atoms with Gasteiger partial charge in [0.25, 0.3) is 0 Å². The van der Waals surface area contributed by atoms with E-state index in [0.29, 0.717) is 5.57 Å². The lowest BCUT2D eigenvalue weighted by Crippen LogP contribution is -2.44. The minimum atomic E-state index is -1.26. The van der Waals surface area contributed by atoms with Crippen LogP contribution in [0.5, 0.6) is 0 Å². The van der Waals surface area contributed by atoms with Crippen LogP contribution >= 0.6 is 0 Å². The molecule has 3 N–H and O–H groups in total. The summed E-state index contributed by atoms with van der Waals surface area (Å²) >= 11 is 0. The van der Waals surface area contributed by atoms with Crippen LogP contribution in [-0.4, -0.2) is 70.9 Å². The lowest BCUT2D eigenvalue weighted by atomic mass is 9.76. The third-order valence-electron chi connectivity index (χ3n) is 6.65. The first kappa shape index (κ1) is 25.6. The van der Waals surface area contributed by atoms with E-state index in [0.717, 1.165) is 6.08 Å². The maximum Gasteiger partial charge on any atom is 0.337 e. The van der Waals surface area contributed by atoms with E-state index in [-0.39, 0.29) is 29.1 Å². The minimum Gasteiger partial charge on any atom is -0.458 e. The first-order valence-electron chi connectivity index (χ1n) is 11.0. The second-order valence-electron chi connectivity index (χ2n) is 8.82. The molecule has 6 atom stereocenters. The zero-order valence-electron chi connectivity index (χ0n) is 19.2. The summed E-state index contributed by atoms with van der Waals surface area (Å²) in [6.07, 6.45) is 4.56. The van der Waals surface area contributed by atoms with Crippen molar-refractivity contribution < 1.29 is 43.9 Å². The molecule has 3 aliphatic rings. The molecule has 1 heterocycles. The number of hydrogen-bond acceptors (Lipinski definition) is 9. The SMILES string of the molecule is C=C1CC(OC(=O)C(=CCO)COC(=O)C(=CC)CO)C2C(=C)C(=O)OC2C2C1C=CC2(C)O. The van der Waals surface area contributed by atoms with E-state index < -0.39 is 67.4 Å². The average Bonchev–Trinajstić information content (AvgIpc) is 3.21. The standard InChI is InChI=1S/C25H30O9/c1-5-15(11-27)23(29)32-12-16(7-9-26)24(30)33-18-10-13(2)17-6-8-25(4,31)20(17)21-19(18)14(3)22(28)34-21/h5-8,17-21,26-27,31H,2-3,9-12H2,1,4H3. The van der Waals surface area contributed by atoms with Crippen molar-refractivity contribution in [2.45, 2.75) is 38.1 Å². The number of allylic oxidation sites excluding steroid dienone is 2. The Kier molecular flexibility index (Phi) is 7.60. The number of esters is 3. The van der Waals surface area contributed by atoms with Crippen molar-refractivity contribution in [1.82, 2.24) is 0 Å². The minimum absolute atomic E-state index is 0.0178. The van der Waals surface area contributed by atoms with E-state index >= 15 is 0 Å². The van der Waals surface area contributed by atoms with Crippen LogP contribution in [0, 0.1) is 17.8 Å². The fraction of sp³-hybridized carbons (Fsp3) is 0.480. The second kappa shape index (κ2) is 10.1. The Hall–Kier alpha value is -3.01. The van der Waals surface area contributed by atoms with Crippen molar-refractivity contribution >= 4 is 17.9 Å². The molecule has 0 bridgehead atoms. The van der Waals surface area contributed by atoms with Crippen LogP contribution in [0.4, 0.5) is 0 Å². The van der Waals surface area contributed by atoms with Gasteiger partial charge in [-0.1, -0.05) is 37.0 Å². The van der Waals surface area contributed by atoms with Crippen LogP contribution in [0.15, 0.2) is 59.8 Å². The van der Waals surface area contributed by atoms with Crippen LogP contribution in [0.2, 0.25) is 0 Å². The van der Waals surface area contributed by atoms with Crippen molar-refractivity contribution in [3.05, 3.63) is 59.8 Å². The fourth-order valence-corrected chi connectivity index (χ4v) is 4.83. The predicted octanol–water partition coefficient (Wildman–Crippen LogP) is 0.910. The van der Waals surface area contributed by atoms with Gasteiger partial charge in [-0.25, -0.2) is 14.4 Å². The molecule has 1 aliphatic heterocycles. The number of carbonyl (C=O) groups is 3. The van der Waals surface area contributed by atoms with Crippen LogP contribution in [0.1, 0.15) is 20.3 Å². The molecule has 9 heteroatoms. The zero-order chi connectivity index (χ0) is 25.2. The molecule has 1 saturated carbocycles. The van der Waals surface area contributed by atoms with Gasteiger partial charge in [0.15, 0.2) is 0 Å². The van der Waals surface area contributed by atoms with Crippen molar-refractivity contribution in [3.63, 3.8) is 0 Å². The average molecular weight is 475 g/mol. The first-order valence-corrected chi connectivity index (χ1v) is 11.0. The molecular formula is C25H30O9. The molecule has 3 rings (SSSR count). The molecule has 6 unspecified atom stereocenters. The number of rotatable bonds is 7. The Morgan fingerprint density at radius 1 is 1.26 bits per heavy atom. The third-order valence-corrected chi connectivity index (χ3v) is 6.65. The van der Waals surface area contributed by atoms with Crippen LogP contribution in [-0.2, 0) is 28.6 Å². The molecule has 0 spiro atoms. The highest BCUT2D eigenvalue weighted by atomic mass is 16.6. The van der Waals surface area contributed by atoms with E-state index in [1.54, 1.807) is 19.9 Å². The molecule has 0 aromatic heterocycles. The molecular weight excluding hydrogens is 444 g/mol. The van der Waals surface area contributed by atoms with Gasteiger partial charge in [0.05, 0.1) is 35.9 Å². The number of carbonyl (C=O) groups excluding carboxylic acids is 3. The fourth-order valence-electron chi connectivity index (χ4n) is 4.83. The summed E-state index contributed by atoms with van der Waals surface area (Å²) in [7, 11) is 0. The number of hydrogen-bond donors (Lipinski definition) is 3. The second-order valence-corrected chi connectivity index (χ2v) is 8.82. The number of aliphatic hydroxyl groups is 3. The molecule has 1 saturated heterocycles. The van der Waals surface area contributed by atoms with E-state index in [9.17, 15) is 29.7 Å². The maximum absolute atomic E-state index is 13.0. The highest BCUT2D eigenvalue weighted by molar-refractivity contribution is 5.93. The van der Waals surface area contributed by atoms with Gasteiger partial charge in [-0.15, -0.1) is 0 Å². The van der Waals surface area contributed by atoms with Gasteiger partial charge in [0, 0.05) is 23.8 Å². The van der Waals surface area contributed by atoms with Gasteiger partial charge in [-0.05, 0) is 19.9 Å². The Balaban J connectivity index is 1.83. The molecule has 0 aromatic rings. The number of ether oxygens (including phenoxy) is 3. The molecule has 0 aromatic carbocycles. The van der Waals surface area contributed by atoms with Crippen molar-refractivity contribution in [2.75, 3.05) is 19.8 Å². The van der Waals surface area contributed by atoms with Crippen molar-refractivity contribution in [1.29, 1.82) is 0 Å². The lowest BCUT2D eigenvalue weighted by Gasteiger charge is -2.34. The first-order chi connectivity index (χ1) is 16.0. The highest BCUT2D eigenvalue weighted by Gasteiger charge is 2.58. The summed E-state index contributed by atoms with van der Waals surface area (Å²) < 4.78 is 16.4. The molecule has 0 amide bonds. The summed E-state index contributed by atoms with van der Waals surface area (Å²) in [5.41, 5.74) is -0.510. The Labute approximate surface area is 197 Å². The zero-order valence-corrected chi connectivity index (χ0v) is 19.2. The molecule has 2 fully saturated rings. The van der Waals surface area contributed by atoms with Gasteiger partial charge in [0.1, 0.15) is 18.8 Å². The number of aliphatic hydroxyl groups excluding tert-OH is 2. The van der Waals surface area contributed by atoms with Gasteiger partial charge in [-0.2, -0.15) is 0 Å². The summed E-state index contributed by atoms with van der Waals surface area (Å²) in [4.78, 5) is 37.4. The van der Waals surface area contributed by atoms with Gasteiger partial charge >= 0.3 is 17.9 Å².